The van der Waals surface area contributed by atoms with E-state index in [1.54, 1.807) is 0 Å². The number of methoxy groups -OCH3 is 1. The van der Waals surface area contributed by atoms with Crippen molar-refractivity contribution in [3.05, 3.63) is 33.6 Å². The van der Waals surface area contributed by atoms with E-state index >= 15 is 0 Å². The van der Waals surface area contributed by atoms with E-state index in [-0.39, 0.29) is 25.3 Å². The summed E-state index contributed by atoms with van der Waals surface area (Å²) in [4.78, 5) is 21.0. The van der Waals surface area contributed by atoms with Crippen LogP contribution in [-0.4, -0.2) is 47.5 Å². The van der Waals surface area contributed by atoms with Crippen LogP contribution in [-0.2, 0) is 4.74 Å². The van der Waals surface area contributed by atoms with Crippen LogP contribution in [0.25, 0.3) is 0 Å². The SMILES string of the molecule is COCC(CCO)Nc1cc(F)c(C(=O)O)cc1[N+](=O)[O-]. The Morgan fingerprint density at radius 3 is 2.71 bits per heavy atom. The summed E-state index contributed by atoms with van der Waals surface area (Å²) in [7, 11) is 1.41. The van der Waals surface area contributed by atoms with Crippen molar-refractivity contribution in [2.75, 3.05) is 25.6 Å². The Kier molecular flexibility index (Phi) is 6.00. The van der Waals surface area contributed by atoms with Gasteiger partial charge in [0.15, 0.2) is 0 Å². The van der Waals surface area contributed by atoms with E-state index in [1.165, 1.54) is 7.11 Å². The number of nitrogens with zero attached hydrogens (tertiary/aromatic N) is 1. The quantitative estimate of drug-likeness (QED) is 0.487. The number of nitrogens with one attached hydrogen (secondary N) is 1. The molecule has 0 saturated heterocycles. The smallest absolute Gasteiger partial charge is 0.338 e. The molecule has 9 heteroatoms. The maximum atomic E-state index is 13.6. The van der Waals surface area contributed by atoms with Gasteiger partial charge in [-0.3, -0.25) is 10.1 Å². The minimum absolute atomic E-state index is 0.139. The number of benzene rings is 1. The Bertz CT molecular complexity index is 531. The Morgan fingerprint density at radius 1 is 1.57 bits per heavy atom. The molecule has 0 heterocycles. The molecule has 1 aromatic carbocycles. The molecule has 0 bridgehead atoms. The van der Waals surface area contributed by atoms with Gasteiger partial charge in [-0.1, -0.05) is 0 Å². The number of halogens is 1. The topological polar surface area (TPSA) is 122 Å². The second-order valence-electron chi connectivity index (χ2n) is 4.22. The minimum Gasteiger partial charge on any atom is -0.478 e. The van der Waals surface area contributed by atoms with Gasteiger partial charge in [0.1, 0.15) is 17.1 Å². The Morgan fingerprint density at radius 2 is 2.24 bits per heavy atom. The zero-order valence-corrected chi connectivity index (χ0v) is 11.2. The third-order valence-corrected chi connectivity index (χ3v) is 2.72. The van der Waals surface area contributed by atoms with Gasteiger partial charge in [-0.25, -0.2) is 9.18 Å². The third kappa shape index (κ3) is 4.36. The number of hydrogen-bond donors (Lipinski definition) is 3. The molecular formula is C12H15FN2O6. The number of carboxylic acid groups (broad SMARTS) is 1. The number of ether oxygens (including phenoxy) is 1. The lowest BCUT2D eigenvalue weighted by Crippen LogP contribution is -2.26. The van der Waals surface area contributed by atoms with Crippen LogP contribution in [0.3, 0.4) is 0 Å². The minimum atomic E-state index is -1.59. The summed E-state index contributed by atoms with van der Waals surface area (Å²) in [5, 5.41) is 31.3. The zero-order chi connectivity index (χ0) is 16.0. The fourth-order valence-electron chi connectivity index (χ4n) is 1.77. The average Bonchev–Trinajstić information content (AvgIpc) is 2.38. The molecule has 1 atom stereocenters. The molecule has 21 heavy (non-hydrogen) atoms. The summed E-state index contributed by atoms with van der Waals surface area (Å²) in [6, 6.07) is 0.929. The molecule has 0 aliphatic rings. The first-order chi connectivity index (χ1) is 9.90. The fourth-order valence-corrected chi connectivity index (χ4v) is 1.77. The summed E-state index contributed by atoms with van der Waals surface area (Å²) in [6.45, 7) is -0.0511. The maximum absolute atomic E-state index is 13.6. The Hall–Kier alpha value is -2.26. The Balaban J connectivity index is 3.18. The van der Waals surface area contributed by atoms with Gasteiger partial charge in [-0.05, 0) is 6.42 Å². The predicted molar refractivity (Wildman–Crippen MR) is 71.0 cm³/mol. The monoisotopic (exact) mass is 302 g/mol. The molecule has 1 rings (SSSR count). The van der Waals surface area contributed by atoms with Crippen molar-refractivity contribution in [1.29, 1.82) is 0 Å². The molecule has 116 valence electrons. The van der Waals surface area contributed by atoms with Gasteiger partial charge >= 0.3 is 5.97 Å². The van der Waals surface area contributed by atoms with Crippen LogP contribution in [0.15, 0.2) is 12.1 Å². The number of anilines is 1. The van der Waals surface area contributed by atoms with Gasteiger partial charge in [0.05, 0.1) is 17.6 Å². The first kappa shape index (κ1) is 16.8. The van der Waals surface area contributed by atoms with Crippen molar-refractivity contribution >= 4 is 17.3 Å². The largest absolute Gasteiger partial charge is 0.478 e. The number of nitro benzene ring substituents is 1. The van der Waals surface area contributed by atoms with Crippen molar-refractivity contribution in [3.8, 4) is 0 Å². The van der Waals surface area contributed by atoms with Crippen molar-refractivity contribution in [2.45, 2.75) is 12.5 Å². The van der Waals surface area contributed by atoms with Crippen LogP contribution >= 0.6 is 0 Å². The molecule has 0 aliphatic carbocycles. The number of aliphatic hydroxyl groups excluding tert-OH is 1. The van der Waals surface area contributed by atoms with Crippen LogP contribution in [0, 0.1) is 15.9 Å². The van der Waals surface area contributed by atoms with Crippen molar-refractivity contribution in [3.63, 3.8) is 0 Å². The number of rotatable bonds is 8. The normalized spacial score (nSPS) is 12.0. The number of carboxylic acids is 1. The van der Waals surface area contributed by atoms with Crippen LogP contribution in [0.5, 0.6) is 0 Å². The highest BCUT2D eigenvalue weighted by atomic mass is 19.1. The second-order valence-corrected chi connectivity index (χ2v) is 4.22. The van der Waals surface area contributed by atoms with Gasteiger partial charge in [-0.15, -0.1) is 0 Å². The summed E-state index contributed by atoms with van der Waals surface area (Å²) in [5.41, 5.74) is -1.51. The number of hydrogen-bond acceptors (Lipinski definition) is 6. The van der Waals surface area contributed by atoms with E-state index in [0.717, 1.165) is 6.07 Å². The lowest BCUT2D eigenvalue weighted by Gasteiger charge is -2.18. The molecular weight excluding hydrogens is 287 g/mol. The first-order valence-corrected chi connectivity index (χ1v) is 5.98. The van der Waals surface area contributed by atoms with Crippen LogP contribution in [0.2, 0.25) is 0 Å². The summed E-state index contributed by atoms with van der Waals surface area (Å²) >= 11 is 0. The Labute approximate surface area is 119 Å². The van der Waals surface area contributed by atoms with E-state index in [9.17, 15) is 19.3 Å². The molecule has 0 spiro atoms. The lowest BCUT2D eigenvalue weighted by atomic mass is 10.1. The predicted octanol–water partition coefficient (Wildman–Crippen LogP) is 1.24. The van der Waals surface area contributed by atoms with Gasteiger partial charge in [0, 0.05) is 25.8 Å². The molecule has 0 amide bonds. The number of nitro groups is 1. The van der Waals surface area contributed by atoms with E-state index in [0.29, 0.717) is 6.07 Å². The maximum Gasteiger partial charge on any atom is 0.338 e. The summed E-state index contributed by atoms with van der Waals surface area (Å²) in [6.07, 6.45) is 0.229. The van der Waals surface area contributed by atoms with E-state index < -0.39 is 34.0 Å². The molecule has 3 N–H and O–H groups in total. The highest BCUT2D eigenvalue weighted by Crippen LogP contribution is 2.28. The summed E-state index contributed by atoms with van der Waals surface area (Å²) in [5.74, 6) is -2.68. The molecule has 0 aromatic heterocycles. The van der Waals surface area contributed by atoms with Gasteiger partial charge in [0.2, 0.25) is 0 Å². The van der Waals surface area contributed by atoms with Gasteiger partial charge in [0.25, 0.3) is 5.69 Å². The van der Waals surface area contributed by atoms with Crippen molar-refractivity contribution in [2.24, 2.45) is 0 Å². The zero-order valence-electron chi connectivity index (χ0n) is 11.2. The number of aromatic carboxylic acids is 1. The third-order valence-electron chi connectivity index (χ3n) is 2.72. The van der Waals surface area contributed by atoms with Crippen LogP contribution < -0.4 is 5.32 Å². The van der Waals surface area contributed by atoms with E-state index in [4.69, 9.17) is 14.9 Å². The molecule has 1 unspecified atom stereocenters. The highest BCUT2D eigenvalue weighted by molar-refractivity contribution is 5.90. The number of carbonyl (C=O) groups is 1. The van der Waals surface area contributed by atoms with Crippen molar-refractivity contribution in [1.82, 2.24) is 0 Å². The van der Waals surface area contributed by atoms with E-state index in [2.05, 4.69) is 5.32 Å². The average molecular weight is 302 g/mol. The van der Waals surface area contributed by atoms with Crippen LogP contribution in [0.1, 0.15) is 16.8 Å². The standard InChI is InChI=1S/C12H15FN2O6/c1-21-6-7(2-3-16)14-10-5-9(13)8(12(17)18)4-11(10)15(19)20/h4-5,7,14,16H,2-3,6H2,1H3,(H,17,18). The second kappa shape index (κ2) is 7.50. The molecule has 1 aromatic rings. The van der Waals surface area contributed by atoms with E-state index in [1.807, 2.05) is 0 Å². The number of aliphatic hydroxyl groups is 1. The van der Waals surface area contributed by atoms with Gasteiger partial charge < -0.3 is 20.3 Å². The molecule has 0 saturated carbocycles. The highest BCUT2D eigenvalue weighted by Gasteiger charge is 2.23. The molecule has 0 radical (unpaired) electrons. The lowest BCUT2D eigenvalue weighted by molar-refractivity contribution is -0.384. The molecule has 8 nitrogen and oxygen atoms in total. The molecule has 0 fully saturated rings. The van der Waals surface area contributed by atoms with Crippen molar-refractivity contribution < 1.29 is 29.1 Å². The van der Waals surface area contributed by atoms with Gasteiger partial charge in [-0.2, -0.15) is 0 Å². The van der Waals surface area contributed by atoms with Crippen LogP contribution in [0.4, 0.5) is 15.8 Å². The fraction of sp³-hybridized carbons (Fsp3) is 0.417. The molecule has 0 aliphatic heterocycles. The first-order valence-electron chi connectivity index (χ1n) is 5.98. The summed E-state index contributed by atoms with van der Waals surface area (Å²) < 4.78 is 18.5.